The van der Waals surface area contributed by atoms with Crippen LogP contribution in [-0.4, -0.2) is 40.4 Å². The van der Waals surface area contributed by atoms with Gasteiger partial charge in [0.25, 0.3) is 0 Å². The van der Waals surface area contributed by atoms with Crippen LogP contribution in [-0.2, 0) is 13.6 Å². The van der Waals surface area contributed by atoms with Crippen molar-refractivity contribution in [1.29, 1.82) is 0 Å². The molecule has 2 aliphatic rings. The molecule has 4 heteroatoms. The summed E-state index contributed by atoms with van der Waals surface area (Å²) < 4.78 is 1.94. The summed E-state index contributed by atoms with van der Waals surface area (Å²) in [6.45, 7) is 6.86. The summed E-state index contributed by atoms with van der Waals surface area (Å²) in [5.74, 6) is 0.957. The predicted molar refractivity (Wildman–Crippen MR) is 77.0 cm³/mol. The highest BCUT2D eigenvalue weighted by Crippen LogP contribution is 2.30. The van der Waals surface area contributed by atoms with Gasteiger partial charge in [-0.1, -0.05) is 0 Å². The summed E-state index contributed by atoms with van der Waals surface area (Å²) in [4.78, 5) is 2.64. The van der Waals surface area contributed by atoms with Crippen molar-refractivity contribution in [1.82, 2.24) is 20.0 Å². The highest BCUT2D eigenvalue weighted by molar-refractivity contribution is 5.15. The second-order valence-electron chi connectivity index (χ2n) is 6.34. The molecule has 1 aliphatic carbocycles. The second-order valence-corrected chi connectivity index (χ2v) is 6.34. The molecule has 1 aliphatic heterocycles. The van der Waals surface area contributed by atoms with Crippen LogP contribution < -0.4 is 5.32 Å². The van der Waals surface area contributed by atoms with E-state index >= 15 is 0 Å². The molecular weight excluding hydrogens is 236 g/mol. The van der Waals surface area contributed by atoms with E-state index in [-0.39, 0.29) is 0 Å². The number of hydrogen-bond donors (Lipinski definition) is 1. The van der Waals surface area contributed by atoms with E-state index in [4.69, 9.17) is 0 Å². The van der Waals surface area contributed by atoms with Crippen LogP contribution in [0, 0.1) is 12.8 Å². The smallest absolute Gasteiger partial charge is 0.0638 e. The first-order chi connectivity index (χ1) is 9.20. The first kappa shape index (κ1) is 13.1. The minimum atomic E-state index is 0.704. The monoisotopic (exact) mass is 262 g/mol. The van der Waals surface area contributed by atoms with Gasteiger partial charge in [-0.05, 0) is 45.1 Å². The first-order valence-corrected chi connectivity index (χ1v) is 7.65. The maximum atomic E-state index is 4.47. The van der Waals surface area contributed by atoms with Crippen LogP contribution in [0.2, 0.25) is 0 Å². The highest BCUT2D eigenvalue weighted by Gasteiger charge is 2.27. The van der Waals surface area contributed by atoms with Crippen LogP contribution >= 0.6 is 0 Å². The van der Waals surface area contributed by atoms with E-state index in [9.17, 15) is 0 Å². The normalized spacial score (nSPS) is 23.4. The van der Waals surface area contributed by atoms with Crippen LogP contribution in [0.3, 0.4) is 0 Å². The fourth-order valence-corrected chi connectivity index (χ4v) is 3.14. The Balaban J connectivity index is 1.62. The molecule has 2 fully saturated rings. The van der Waals surface area contributed by atoms with Gasteiger partial charge in [0.15, 0.2) is 0 Å². The van der Waals surface area contributed by atoms with E-state index in [0.29, 0.717) is 6.04 Å². The molecule has 1 aromatic rings. The van der Waals surface area contributed by atoms with Crippen molar-refractivity contribution in [3.63, 3.8) is 0 Å². The highest BCUT2D eigenvalue weighted by atomic mass is 15.3. The number of hydrogen-bond acceptors (Lipinski definition) is 3. The maximum Gasteiger partial charge on any atom is 0.0638 e. The third-order valence-corrected chi connectivity index (χ3v) is 4.36. The molecule has 0 bridgehead atoms. The van der Waals surface area contributed by atoms with Gasteiger partial charge in [0.1, 0.15) is 0 Å². The van der Waals surface area contributed by atoms with Crippen molar-refractivity contribution < 1.29 is 0 Å². The summed E-state index contributed by atoms with van der Waals surface area (Å²) >= 11 is 0. The molecule has 1 atom stereocenters. The summed E-state index contributed by atoms with van der Waals surface area (Å²) in [6.07, 6.45) is 7.72. The Hall–Kier alpha value is -0.870. The van der Waals surface area contributed by atoms with Crippen molar-refractivity contribution in [2.24, 2.45) is 13.0 Å². The van der Waals surface area contributed by atoms with Crippen LogP contribution in [0.15, 0.2) is 6.20 Å². The van der Waals surface area contributed by atoms with E-state index in [1.54, 1.807) is 0 Å². The van der Waals surface area contributed by atoms with Crippen LogP contribution in [0.4, 0.5) is 0 Å². The fraction of sp³-hybridized carbons (Fsp3) is 0.800. The molecule has 1 aromatic heterocycles. The van der Waals surface area contributed by atoms with Crippen molar-refractivity contribution >= 4 is 0 Å². The maximum absolute atomic E-state index is 4.47. The Kier molecular flexibility index (Phi) is 3.89. The zero-order valence-electron chi connectivity index (χ0n) is 12.2. The summed E-state index contributed by atoms with van der Waals surface area (Å²) in [5.41, 5.74) is 2.57. The SMILES string of the molecule is Cc1nn(C)cc1CN(CC1CC1)CC1CCCN1. The van der Waals surface area contributed by atoms with Crippen LogP contribution in [0.1, 0.15) is 36.9 Å². The Morgan fingerprint density at radius 3 is 2.79 bits per heavy atom. The lowest BCUT2D eigenvalue weighted by Crippen LogP contribution is -2.38. The van der Waals surface area contributed by atoms with Gasteiger partial charge in [-0.25, -0.2) is 0 Å². The number of nitrogens with zero attached hydrogens (tertiary/aromatic N) is 3. The van der Waals surface area contributed by atoms with E-state index in [1.807, 2.05) is 11.7 Å². The van der Waals surface area contributed by atoms with Crippen molar-refractivity contribution in [2.45, 2.75) is 45.2 Å². The molecule has 1 saturated heterocycles. The van der Waals surface area contributed by atoms with E-state index in [0.717, 1.165) is 12.5 Å². The Bertz CT molecular complexity index is 416. The molecule has 19 heavy (non-hydrogen) atoms. The zero-order valence-corrected chi connectivity index (χ0v) is 12.2. The van der Waals surface area contributed by atoms with Crippen molar-refractivity contribution in [3.8, 4) is 0 Å². The molecule has 1 saturated carbocycles. The lowest BCUT2D eigenvalue weighted by Gasteiger charge is -2.25. The van der Waals surface area contributed by atoms with Gasteiger partial charge in [-0.2, -0.15) is 5.10 Å². The molecule has 0 radical (unpaired) electrons. The minimum absolute atomic E-state index is 0.704. The van der Waals surface area contributed by atoms with Gasteiger partial charge >= 0.3 is 0 Å². The molecule has 0 amide bonds. The molecular formula is C15H26N4. The van der Waals surface area contributed by atoms with Crippen molar-refractivity contribution in [3.05, 3.63) is 17.5 Å². The number of rotatable bonds is 6. The zero-order chi connectivity index (χ0) is 13.2. The summed E-state index contributed by atoms with van der Waals surface area (Å²) in [7, 11) is 2.01. The molecule has 106 valence electrons. The summed E-state index contributed by atoms with van der Waals surface area (Å²) in [5, 5.41) is 8.09. The average molecular weight is 262 g/mol. The quantitative estimate of drug-likeness (QED) is 0.847. The first-order valence-electron chi connectivity index (χ1n) is 7.65. The molecule has 1 unspecified atom stereocenters. The topological polar surface area (TPSA) is 33.1 Å². The largest absolute Gasteiger partial charge is 0.313 e. The number of aromatic nitrogens is 2. The van der Waals surface area contributed by atoms with Crippen molar-refractivity contribution in [2.75, 3.05) is 19.6 Å². The molecule has 2 heterocycles. The van der Waals surface area contributed by atoms with Crippen LogP contribution in [0.25, 0.3) is 0 Å². The van der Waals surface area contributed by atoms with E-state index < -0.39 is 0 Å². The molecule has 0 aromatic carbocycles. The summed E-state index contributed by atoms with van der Waals surface area (Å²) in [6, 6.07) is 0.704. The minimum Gasteiger partial charge on any atom is -0.313 e. The Labute approximate surface area is 116 Å². The van der Waals surface area contributed by atoms with E-state index in [2.05, 4.69) is 28.4 Å². The molecule has 0 spiro atoms. The second kappa shape index (κ2) is 5.63. The van der Waals surface area contributed by atoms with Gasteiger partial charge in [-0.15, -0.1) is 0 Å². The van der Waals surface area contributed by atoms with E-state index in [1.165, 1.54) is 56.6 Å². The van der Waals surface area contributed by atoms with Gasteiger partial charge < -0.3 is 5.32 Å². The van der Waals surface area contributed by atoms with Crippen LogP contribution in [0.5, 0.6) is 0 Å². The number of aryl methyl sites for hydroxylation is 2. The predicted octanol–water partition coefficient (Wildman–Crippen LogP) is 1.69. The average Bonchev–Trinajstić information content (AvgIpc) is 2.90. The molecule has 3 rings (SSSR count). The van der Waals surface area contributed by atoms with Gasteiger partial charge in [-0.3, -0.25) is 9.58 Å². The van der Waals surface area contributed by atoms with Gasteiger partial charge in [0, 0.05) is 44.5 Å². The third kappa shape index (κ3) is 3.57. The number of nitrogens with one attached hydrogen (secondary N) is 1. The third-order valence-electron chi connectivity index (χ3n) is 4.36. The van der Waals surface area contributed by atoms with Gasteiger partial charge in [0.2, 0.25) is 0 Å². The Morgan fingerprint density at radius 1 is 1.37 bits per heavy atom. The van der Waals surface area contributed by atoms with Gasteiger partial charge in [0.05, 0.1) is 5.69 Å². The molecule has 1 N–H and O–H groups in total. The molecule has 4 nitrogen and oxygen atoms in total. The standard InChI is InChI=1S/C15H26N4/c1-12-14(9-18(2)17-12)10-19(8-13-5-6-13)11-15-4-3-7-16-15/h9,13,15-16H,3-8,10-11H2,1-2H3. The lowest BCUT2D eigenvalue weighted by atomic mass is 10.1. The fourth-order valence-electron chi connectivity index (χ4n) is 3.14. The Morgan fingerprint density at radius 2 is 2.21 bits per heavy atom. The lowest BCUT2D eigenvalue weighted by molar-refractivity contribution is 0.231.